The van der Waals surface area contributed by atoms with Crippen LogP contribution in [-0.4, -0.2) is 41.1 Å². The van der Waals surface area contributed by atoms with Crippen molar-refractivity contribution in [3.63, 3.8) is 0 Å². The van der Waals surface area contributed by atoms with Crippen molar-refractivity contribution in [2.45, 2.75) is 26.4 Å². The van der Waals surface area contributed by atoms with Gasteiger partial charge in [-0.15, -0.1) is 0 Å². The molecule has 1 rings (SSSR count). The molecule has 0 radical (unpaired) electrons. The van der Waals surface area contributed by atoms with Gasteiger partial charge < -0.3 is 14.7 Å². The van der Waals surface area contributed by atoms with Crippen molar-refractivity contribution in [1.82, 2.24) is 4.90 Å². The van der Waals surface area contributed by atoms with Gasteiger partial charge in [0.2, 0.25) is 0 Å². The summed E-state index contributed by atoms with van der Waals surface area (Å²) < 4.78 is 18.2. The minimum Gasteiger partial charge on any atom is -0.481 e. The van der Waals surface area contributed by atoms with Crippen molar-refractivity contribution in [2.75, 3.05) is 13.1 Å². The number of aliphatic carboxylic acids is 1. The van der Waals surface area contributed by atoms with Gasteiger partial charge in [-0.05, 0) is 38.1 Å². The van der Waals surface area contributed by atoms with Gasteiger partial charge in [0, 0.05) is 13.1 Å². The quantitative estimate of drug-likeness (QED) is 0.830. The van der Waals surface area contributed by atoms with E-state index in [9.17, 15) is 14.0 Å². The molecule has 1 aromatic rings. The highest BCUT2D eigenvalue weighted by atomic mass is 19.1. The van der Waals surface area contributed by atoms with Crippen LogP contribution in [0.15, 0.2) is 24.3 Å². The molecular weight excluding hydrogens is 265 g/mol. The zero-order valence-corrected chi connectivity index (χ0v) is 11.5. The number of carboxylic acids is 1. The standard InChI is InChI=1S/C14H18FNO4/c1-3-16(9-8-13(17)18)14(19)10(2)20-12-6-4-11(15)5-7-12/h4-7,10H,3,8-9H2,1-2H3,(H,17,18). The maximum absolute atomic E-state index is 12.8. The Labute approximate surface area is 117 Å². The smallest absolute Gasteiger partial charge is 0.305 e. The van der Waals surface area contributed by atoms with E-state index in [1.54, 1.807) is 13.8 Å². The first kappa shape index (κ1) is 15.9. The van der Waals surface area contributed by atoms with E-state index >= 15 is 0 Å². The lowest BCUT2D eigenvalue weighted by Crippen LogP contribution is -2.41. The number of halogens is 1. The van der Waals surface area contributed by atoms with Crippen LogP contribution in [0.2, 0.25) is 0 Å². The van der Waals surface area contributed by atoms with Crippen molar-refractivity contribution in [2.24, 2.45) is 0 Å². The second kappa shape index (κ2) is 7.47. The highest BCUT2D eigenvalue weighted by Gasteiger charge is 2.21. The Balaban J connectivity index is 2.59. The average molecular weight is 283 g/mol. The van der Waals surface area contributed by atoms with Crippen LogP contribution in [0, 0.1) is 5.82 Å². The number of likely N-dealkylation sites (N-methyl/N-ethyl adjacent to an activating group) is 1. The van der Waals surface area contributed by atoms with Gasteiger partial charge in [0.1, 0.15) is 11.6 Å². The summed E-state index contributed by atoms with van der Waals surface area (Å²) in [5, 5.41) is 8.63. The molecule has 0 spiro atoms. The number of benzene rings is 1. The summed E-state index contributed by atoms with van der Waals surface area (Å²) in [4.78, 5) is 24.0. The first-order valence-corrected chi connectivity index (χ1v) is 6.36. The fourth-order valence-corrected chi connectivity index (χ4v) is 1.68. The van der Waals surface area contributed by atoms with Crippen LogP contribution in [0.4, 0.5) is 4.39 Å². The molecule has 0 saturated heterocycles. The molecule has 1 N–H and O–H groups in total. The van der Waals surface area contributed by atoms with Gasteiger partial charge in [-0.3, -0.25) is 9.59 Å². The average Bonchev–Trinajstić information content (AvgIpc) is 2.41. The van der Waals surface area contributed by atoms with E-state index in [0.717, 1.165) is 0 Å². The van der Waals surface area contributed by atoms with E-state index < -0.39 is 12.1 Å². The number of hydrogen-bond acceptors (Lipinski definition) is 3. The van der Waals surface area contributed by atoms with Crippen LogP contribution in [0.5, 0.6) is 5.75 Å². The Morgan fingerprint density at radius 3 is 2.45 bits per heavy atom. The lowest BCUT2D eigenvalue weighted by Gasteiger charge is -2.24. The Bertz CT molecular complexity index is 461. The Hall–Kier alpha value is -2.11. The maximum atomic E-state index is 12.8. The molecule has 0 saturated carbocycles. The van der Waals surface area contributed by atoms with E-state index in [-0.39, 0.29) is 24.7 Å². The lowest BCUT2D eigenvalue weighted by molar-refractivity contribution is -0.140. The van der Waals surface area contributed by atoms with E-state index in [1.807, 2.05) is 0 Å². The van der Waals surface area contributed by atoms with Crippen LogP contribution in [0.3, 0.4) is 0 Å². The molecule has 1 amide bonds. The summed E-state index contributed by atoms with van der Waals surface area (Å²) >= 11 is 0. The van der Waals surface area contributed by atoms with E-state index in [0.29, 0.717) is 12.3 Å². The van der Waals surface area contributed by atoms with Gasteiger partial charge in [0.15, 0.2) is 6.10 Å². The van der Waals surface area contributed by atoms with Crippen molar-refractivity contribution < 1.29 is 23.8 Å². The van der Waals surface area contributed by atoms with Crippen LogP contribution in [0.1, 0.15) is 20.3 Å². The summed E-state index contributed by atoms with van der Waals surface area (Å²) in [7, 11) is 0. The van der Waals surface area contributed by atoms with Crippen LogP contribution in [-0.2, 0) is 9.59 Å². The van der Waals surface area contributed by atoms with Crippen molar-refractivity contribution in [3.05, 3.63) is 30.1 Å². The zero-order chi connectivity index (χ0) is 15.1. The van der Waals surface area contributed by atoms with E-state index in [2.05, 4.69) is 0 Å². The van der Waals surface area contributed by atoms with Gasteiger partial charge in [-0.2, -0.15) is 0 Å². The number of nitrogens with zero attached hydrogens (tertiary/aromatic N) is 1. The zero-order valence-electron chi connectivity index (χ0n) is 11.5. The number of rotatable bonds is 7. The summed E-state index contributed by atoms with van der Waals surface area (Å²) in [6.07, 6.45) is -0.864. The highest BCUT2D eigenvalue weighted by molar-refractivity contribution is 5.81. The van der Waals surface area contributed by atoms with Crippen LogP contribution in [0.25, 0.3) is 0 Å². The molecule has 1 atom stereocenters. The Morgan fingerprint density at radius 2 is 1.95 bits per heavy atom. The van der Waals surface area contributed by atoms with Gasteiger partial charge in [0.25, 0.3) is 5.91 Å². The minimum absolute atomic E-state index is 0.108. The molecule has 0 fully saturated rings. The Morgan fingerprint density at radius 1 is 1.35 bits per heavy atom. The molecule has 0 heterocycles. The summed E-state index contributed by atoms with van der Waals surface area (Å²) in [6.45, 7) is 3.89. The molecule has 0 aromatic heterocycles. The number of ether oxygens (including phenoxy) is 1. The third-order valence-electron chi connectivity index (χ3n) is 2.76. The fourth-order valence-electron chi connectivity index (χ4n) is 1.68. The SMILES string of the molecule is CCN(CCC(=O)O)C(=O)C(C)Oc1ccc(F)cc1. The second-order valence-electron chi connectivity index (χ2n) is 4.28. The van der Waals surface area contributed by atoms with Crippen LogP contribution >= 0.6 is 0 Å². The van der Waals surface area contributed by atoms with Gasteiger partial charge in [-0.1, -0.05) is 0 Å². The molecule has 0 aliphatic heterocycles. The van der Waals surface area contributed by atoms with Gasteiger partial charge in [-0.25, -0.2) is 4.39 Å². The van der Waals surface area contributed by atoms with Crippen molar-refractivity contribution in [1.29, 1.82) is 0 Å². The first-order valence-electron chi connectivity index (χ1n) is 6.36. The molecule has 6 heteroatoms. The van der Waals surface area contributed by atoms with Crippen molar-refractivity contribution in [3.8, 4) is 5.75 Å². The lowest BCUT2D eigenvalue weighted by atomic mass is 10.3. The summed E-state index contributed by atoms with van der Waals surface area (Å²) in [6, 6.07) is 5.36. The summed E-state index contributed by atoms with van der Waals surface area (Å²) in [5.74, 6) is -1.24. The molecule has 1 aromatic carbocycles. The number of amides is 1. The van der Waals surface area contributed by atoms with Gasteiger partial charge >= 0.3 is 5.97 Å². The highest BCUT2D eigenvalue weighted by Crippen LogP contribution is 2.14. The third-order valence-corrected chi connectivity index (χ3v) is 2.76. The molecule has 1 unspecified atom stereocenters. The number of carbonyl (C=O) groups is 2. The fraction of sp³-hybridized carbons (Fsp3) is 0.429. The monoisotopic (exact) mass is 283 g/mol. The minimum atomic E-state index is -0.955. The number of carbonyl (C=O) groups excluding carboxylic acids is 1. The van der Waals surface area contributed by atoms with Crippen LogP contribution < -0.4 is 4.74 Å². The largest absolute Gasteiger partial charge is 0.481 e. The van der Waals surface area contributed by atoms with Gasteiger partial charge in [0.05, 0.1) is 6.42 Å². The predicted octanol–water partition coefficient (Wildman–Crippen LogP) is 1.92. The first-order chi connectivity index (χ1) is 9.43. The maximum Gasteiger partial charge on any atom is 0.305 e. The molecule has 110 valence electrons. The topological polar surface area (TPSA) is 66.8 Å². The van der Waals surface area contributed by atoms with E-state index in [1.165, 1.54) is 29.2 Å². The molecule has 5 nitrogen and oxygen atoms in total. The summed E-state index contributed by atoms with van der Waals surface area (Å²) in [5.41, 5.74) is 0. The third kappa shape index (κ3) is 4.87. The molecule has 0 aliphatic carbocycles. The molecule has 0 bridgehead atoms. The number of hydrogen-bond donors (Lipinski definition) is 1. The molecule has 20 heavy (non-hydrogen) atoms. The van der Waals surface area contributed by atoms with E-state index in [4.69, 9.17) is 9.84 Å². The second-order valence-corrected chi connectivity index (χ2v) is 4.28. The predicted molar refractivity (Wildman–Crippen MR) is 71.0 cm³/mol. The normalized spacial score (nSPS) is 11.8. The Kier molecular flexibility index (Phi) is 5.96. The molecular formula is C14H18FNO4. The molecule has 0 aliphatic rings. The van der Waals surface area contributed by atoms with Crippen molar-refractivity contribution >= 4 is 11.9 Å². The number of carboxylic acid groups (broad SMARTS) is 1.